The Morgan fingerprint density at radius 3 is 2.67 bits per heavy atom. The van der Waals surface area contributed by atoms with Gasteiger partial charge >= 0.3 is 0 Å². The van der Waals surface area contributed by atoms with Crippen LogP contribution in [0.1, 0.15) is 22.7 Å². The van der Waals surface area contributed by atoms with E-state index >= 15 is 0 Å². The lowest BCUT2D eigenvalue weighted by Crippen LogP contribution is -2.22. The van der Waals surface area contributed by atoms with E-state index in [1.54, 1.807) is 6.20 Å². The summed E-state index contributed by atoms with van der Waals surface area (Å²) in [6.07, 6.45) is 2.26. The van der Waals surface area contributed by atoms with Gasteiger partial charge in [0, 0.05) is 43.0 Å². The predicted molar refractivity (Wildman–Crippen MR) is 104 cm³/mol. The quantitative estimate of drug-likeness (QED) is 0.753. The Kier molecular flexibility index (Phi) is 5.05. The van der Waals surface area contributed by atoms with Gasteiger partial charge in [0.1, 0.15) is 5.76 Å². The van der Waals surface area contributed by atoms with Crippen LogP contribution in [0.3, 0.4) is 0 Å². The molecule has 1 saturated heterocycles. The van der Waals surface area contributed by atoms with Crippen molar-refractivity contribution in [3.05, 3.63) is 71.4 Å². The van der Waals surface area contributed by atoms with Gasteiger partial charge in [0.25, 0.3) is 0 Å². The molecule has 2 atom stereocenters. The average Bonchev–Trinajstić information content (AvgIpc) is 3.19. The maximum Gasteiger partial charge on any atom is 0.226 e. The van der Waals surface area contributed by atoms with Gasteiger partial charge in [0.05, 0.1) is 11.8 Å². The van der Waals surface area contributed by atoms with Crippen LogP contribution in [0.4, 0.5) is 0 Å². The van der Waals surface area contributed by atoms with Crippen LogP contribution >= 0.6 is 0 Å². The van der Waals surface area contributed by atoms with Crippen molar-refractivity contribution >= 4 is 0 Å². The Bertz CT molecular complexity index is 890. The normalized spacial score (nSPS) is 20.3. The first-order valence-corrected chi connectivity index (χ1v) is 9.42. The van der Waals surface area contributed by atoms with Gasteiger partial charge in [-0.15, -0.1) is 0 Å². The maximum atomic E-state index is 10.5. The number of likely N-dealkylation sites (tertiary alicyclic amines) is 1. The zero-order valence-electron chi connectivity index (χ0n) is 15.8. The molecule has 1 aliphatic rings. The van der Waals surface area contributed by atoms with Crippen LogP contribution in [0, 0.1) is 19.8 Å². The van der Waals surface area contributed by atoms with Crippen molar-refractivity contribution in [3.63, 3.8) is 0 Å². The van der Waals surface area contributed by atoms with Gasteiger partial charge in [0.2, 0.25) is 5.89 Å². The highest BCUT2D eigenvalue weighted by Crippen LogP contribution is 2.26. The van der Waals surface area contributed by atoms with Crippen LogP contribution in [-0.4, -0.2) is 39.2 Å². The summed E-state index contributed by atoms with van der Waals surface area (Å²) in [5, 5.41) is 10.5. The van der Waals surface area contributed by atoms with Crippen LogP contribution < -0.4 is 0 Å². The smallest absolute Gasteiger partial charge is 0.226 e. The van der Waals surface area contributed by atoms with Crippen LogP contribution in [0.25, 0.3) is 11.5 Å². The second-order valence-electron chi connectivity index (χ2n) is 7.43. The van der Waals surface area contributed by atoms with Crippen LogP contribution in [0.15, 0.2) is 53.1 Å². The molecule has 5 nitrogen and oxygen atoms in total. The number of aromatic nitrogens is 2. The van der Waals surface area contributed by atoms with Crippen molar-refractivity contribution in [2.75, 3.05) is 13.1 Å². The van der Waals surface area contributed by atoms with E-state index in [0.717, 1.165) is 35.7 Å². The number of aliphatic hydroxyl groups excluding tert-OH is 1. The number of nitrogens with zero attached hydrogens (tertiary/aromatic N) is 3. The second-order valence-corrected chi connectivity index (χ2v) is 7.43. The molecule has 140 valence electrons. The Balaban J connectivity index is 1.43. The van der Waals surface area contributed by atoms with Gasteiger partial charge in [0.15, 0.2) is 0 Å². The number of pyridine rings is 1. The molecule has 0 unspecified atom stereocenters. The van der Waals surface area contributed by atoms with Gasteiger partial charge in [-0.3, -0.25) is 9.88 Å². The van der Waals surface area contributed by atoms with E-state index in [2.05, 4.69) is 28.9 Å². The fourth-order valence-corrected chi connectivity index (χ4v) is 3.66. The Morgan fingerprint density at radius 1 is 1.11 bits per heavy atom. The molecular formula is C22H25N3O2. The molecule has 5 heteroatoms. The van der Waals surface area contributed by atoms with Crippen LogP contribution in [0.2, 0.25) is 0 Å². The molecule has 1 aromatic carbocycles. The van der Waals surface area contributed by atoms with Gasteiger partial charge < -0.3 is 9.52 Å². The maximum absolute atomic E-state index is 10.5. The molecule has 3 heterocycles. The van der Waals surface area contributed by atoms with Gasteiger partial charge in [-0.05, 0) is 44.5 Å². The summed E-state index contributed by atoms with van der Waals surface area (Å²) in [6, 6.07) is 14.1. The van der Waals surface area contributed by atoms with E-state index in [1.165, 1.54) is 5.56 Å². The van der Waals surface area contributed by atoms with E-state index < -0.39 is 0 Å². The predicted octanol–water partition coefficient (Wildman–Crippen LogP) is 3.39. The van der Waals surface area contributed by atoms with Crippen molar-refractivity contribution < 1.29 is 9.52 Å². The zero-order chi connectivity index (χ0) is 18.8. The first-order chi connectivity index (χ1) is 13.1. The minimum Gasteiger partial charge on any atom is -0.441 e. The van der Waals surface area contributed by atoms with Crippen molar-refractivity contribution in [2.45, 2.75) is 32.9 Å². The highest BCUT2D eigenvalue weighted by atomic mass is 16.4. The Morgan fingerprint density at radius 2 is 1.93 bits per heavy atom. The minimum absolute atomic E-state index is 0.198. The molecular weight excluding hydrogens is 338 g/mol. The fraction of sp³-hybridized carbons (Fsp3) is 0.364. The van der Waals surface area contributed by atoms with E-state index in [-0.39, 0.29) is 12.0 Å². The molecule has 1 aliphatic heterocycles. The molecule has 4 rings (SSSR count). The summed E-state index contributed by atoms with van der Waals surface area (Å²) in [5.74, 6) is 1.70. The van der Waals surface area contributed by atoms with Crippen LogP contribution in [-0.2, 0) is 13.0 Å². The SMILES string of the molecule is Cc1ccc(-c2nc(CN3C[C@@H](Cc4ccccn4)[C@H](O)C3)c(C)o2)cc1. The van der Waals surface area contributed by atoms with Gasteiger partial charge in [-0.1, -0.05) is 23.8 Å². The van der Waals surface area contributed by atoms with Gasteiger partial charge in [-0.25, -0.2) is 4.98 Å². The Hall–Kier alpha value is -2.50. The highest BCUT2D eigenvalue weighted by Gasteiger charge is 2.32. The fourth-order valence-electron chi connectivity index (χ4n) is 3.66. The summed E-state index contributed by atoms with van der Waals surface area (Å²) in [5.41, 5.74) is 4.18. The third-order valence-electron chi connectivity index (χ3n) is 5.24. The largest absolute Gasteiger partial charge is 0.441 e. The molecule has 0 aliphatic carbocycles. The van der Waals surface area contributed by atoms with Crippen molar-refractivity contribution in [3.8, 4) is 11.5 Å². The number of hydrogen-bond acceptors (Lipinski definition) is 5. The number of hydrogen-bond donors (Lipinski definition) is 1. The lowest BCUT2D eigenvalue weighted by atomic mass is 10.00. The molecule has 2 aromatic heterocycles. The van der Waals surface area contributed by atoms with E-state index in [1.807, 2.05) is 37.3 Å². The minimum atomic E-state index is -0.337. The lowest BCUT2D eigenvalue weighted by molar-refractivity contribution is 0.140. The van der Waals surface area contributed by atoms with Crippen LogP contribution in [0.5, 0.6) is 0 Å². The number of oxazole rings is 1. The monoisotopic (exact) mass is 363 g/mol. The highest BCUT2D eigenvalue weighted by molar-refractivity contribution is 5.54. The van der Waals surface area contributed by atoms with E-state index in [4.69, 9.17) is 9.40 Å². The number of aliphatic hydroxyl groups is 1. The first kappa shape index (κ1) is 17.9. The zero-order valence-corrected chi connectivity index (χ0v) is 15.8. The summed E-state index contributed by atoms with van der Waals surface area (Å²) in [6.45, 7) is 6.21. The second kappa shape index (κ2) is 7.62. The summed E-state index contributed by atoms with van der Waals surface area (Å²) in [4.78, 5) is 11.3. The van der Waals surface area contributed by atoms with Crippen molar-refractivity contribution in [1.29, 1.82) is 0 Å². The summed E-state index contributed by atoms with van der Waals surface area (Å²) >= 11 is 0. The molecule has 27 heavy (non-hydrogen) atoms. The third kappa shape index (κ3) is 4.10. The standard InChI is InChI=1S/C22H25N3O2/c1-15-6-8-17(9-7-15)22-24-20(16(2)27-22)13-25-12-18(21(26)14-25)11-19-5-3-4-10-23-19/h3-10,18,21,26H,11-14H2,1-2H3/t18-,21-/m1/s1. The Labute approximate surface area is 159 Å². The molecule has 1 N–H and O–H groups in total. The molecule has 0 bridgehead atoms. The molecule has 0 saturated carbocycles. The summed E-state index contributed by atoms with van der Waals surface area (Å²) in [7, 11) is 0. The van der Waals surface area contributed by atoms with Crippen molar-refractivity contribution in [2.24, 2.45) is 5.92 Å². The van der Waals surface area contributed by atoms with Gasteiger partial charge in [-0.2, -0.15) is 0 Å². The molecule has 0 spiro atoms. The van der Waals surface area contributed by atoms with E-state index in [9.17, 15) is 5.11 Å². The molecule has 0 radical (unpaired) electrons. The summed E-state index contributed by atoms with van der Waals surface area (Å²) < 4.78 is 5.89. The first-order valence-electron chi connectivity index (χ1n) is 9.42. The molecule has 0 amide bonds. The van der Waals surface area contributed by atoms with Crippen molar-refractivity contribution in [1.82, 2.24) is 14.9 Å². The number of β-amino-alcohol motifs (C(OH)–C–C–N with tert-alkyl or cyclic N) is 1. The van der Waals surface area contributed by atoms with E-state index in [0.29, 0.717) is 19.0 Å². The molecule has 3 aromatic rings. The average molecular weight is 363 g/mol. The lowest BCUT2D eigenvalue weighted by Gasteiger charge is -2.14. The number of aryl methyl sites for hydroxylation is 2. The number of benzene rings is 1. The molecule has 1 fully saturated rings. The topological polar surface area (TPSA) is 62.4 Å². The number of rotatable bonds is 5. The third-order valence-corrected chi connectivity index (χ3v) is 5.24.